The van der Waals surface area contributed by atoms with E-state index in [0.717, 1.165) is 6.16 Å². The minimum Gasteiger partial charge on any atom is -0.266 e. The fraction of sp³-hybridized carbons (Fsp3) is 0.294. The smallest absolute Gasteiger partial charge is 0.132 e. The molecule has 1 aliphatic heterocycles. The standard InChI is InChI=1S/C17H19F2NP2/c1-13-7-6-12-21(13)20-22(16-10-4-2-8-14(16)18)17-11-5-3-9-15(17)19/h2-5,8-11,13,20H,6-7,12H2,1H3. The van der Waals surface area contributed by atoms with Crippen molar-refractivity contribution < 1.29 is 8.78 Å². The van der Waals surface area contributed by atoms with Crippen LogP contribution < -0.4 is 15.5 Å². The van der Waals surface area contributed by atoms with Gasteiger partial charge in [0.2, 0.25) is 0 Å². The van der Waals surface area contributed by atoms with Gasteiger partial charge in [0.1, 0.15) is 11.6 Å². The normalized spacial score (nSPS) is 21.5. The molecule has 1 heterocycles. The monoisotopic (exact) mass is 337 g/mol. The molecule has 5 heteroatoms. The molecule has 2 aromatic carbocycles. The molecule has 22 heavy (non-hydrogen) atoms. The quantitative estimate of drug-likeness (QED) is 0.811. The maximum Gasteiger partial charge on any atom is 0.132 e. The van der Waals surface area contributed by atoms with Crippen LogP contribution in [0.2, 0.25) is 0 Å². The van der Waals surface area contributed by atoms with Crippen LogP contribution in [0.1, 0.15) is 19.8 Å². The average Bonchev–Trinajstić information content (AvgIpc) is 2.92. The minimum atomic E-state index is -1.20. The molecule has 0 bridgehead atoms. The van der Waals surface area contributed by atoms with Crippen molar-refractivity contribution in [2.75, 3.05) is 6.16 Å². The van der Waals surface area contributed by atoms with Crippen LogP contribution in [-0.2, 0) is 0 Å². The lowest BCUT2D eigenvalue weighted by molar-refractivity contribution is 0.634. The van der Waals surface area contributed by atoms with Gasteiger partial charge in [0.15, 0.2) is 0 Å². The second-order valence-electron chi connectivity index (χ2n) is 5.52. The molecule has 0 saturated carbocycles. The highest BCUT2D eigenvalue weighted by molar-refractivity contribution is 7.80. The van der Waals surface area contributed by atoms with Gasteiger partial charge in [-0.1, -0.05) is 31.2 Å². The van der Waals surface area contributed by atoms with Gasteiger partial charge in [-0.25, -0.2) is 8.78 Å². The van der Waals surface area contributed by atoms with E-state index in [9.17, 15) is 8.78 Å². The number of rotatable bonds is 4. The highest BCUT2D eigenvalue weighted by atomic mass is 31.2. The Morgan fingerprint density at radius 3 is 2.00 bits per heavy atom. The molecule has 1 aliphatic rings. The van der Waals surface area contributed by atoms with Crippen LogP contribution in [0.4, 0.5) is 8.78 Å². The van der Waals surface area contributed by atoms with E-state index in [4.69, 9.17) is 0 Å². The molecule has 0 aromatic heterocycles. The van der Waals surface area contributed by atoms with E-state index < -0.39 is 8.07 Å². The predicted octanol–water partition coefficient (Wildman–Crippen LogP) is 4.48. The van der Waals surface area contributed by atoms with E-state index in [2.05, 4.69) is 11.8 Å². The van der Waals surface area contributed by atoms with Gasteiger partial charge >= 0.3 is 0 Å². The molecular weight excluding hydrogens is 318 g/mol. The third-order valence-corrected chi connectivity index (χ3v) is 9.61. The fourth-order valence-corrected chi connectivity index (χ4v) is 8.56. The summed E-state index contributed by atoms with van der Waals surface area (Å²) in [6, 6.07) is 13.5. The Labute approximate surface area is 132 Å². The highest BCUT2D eigenvalue weighted by Gasteiger charge is 2.29. The van der Waals surface area contributed by atoms with E-state index in [0.29, 0.717) is 16.3 Å². The van der Waals surface area contributed by atoms with E-state index in [1.807, 2.05) is 12.1 Å². The summed E-state index contributed by atoms with van der Waals surface area (Å²) < 4.78 is 28.6. The highest BCUT2D eigenvalue weighted by Crippen LogP contribution is 2.52. The predicted molar refractivity (Wildman–Crippen MR) is 92.6 cm³/mol. The Bertz CT molecular complexity index is 605. The Kier molecular flexibility index (Phi) is 5.18. The summed E-state index contributed by atoms with van der Waals surface area (Å²) in [4.78, 5) is 3.63. The summed E-state index contributed by atoms with van der Waals surface area (Å²) in [6.45, 7) is 2.24. The molecule has 2 atom stereocenters. The van der Waals surface area contributed by atoms with Crippen molar-refractivity contribution in [1.29, 1.82) is 0 Å². The first-order valence-corrected chi connectivity index (χ1v) is 10.4. The topological polar surface area (TPSA) is 12.0 Å². The number of benzene rings is 2. The first kappa shape index (κ1) is 16.0. The summed E-state index contributed by atoms with van der Waals surface area (Å²) in [6.07, 6.45) is 3.55. The second kappa shape index (κ2) is 7.13. The summed E-state index contributed by atoms with van der Waals surface area (Å²) in [5, 5.41) is 1.17. The molecule has 1 nitrogen and oxygen atoms in total. The SMILES string of the molecule is CC1CCCP1NP(c1ccccc1F)c1ccccc1F. The van der Waals surface area contributed by atoms with E-state index in [1.165, 1.54) is 25.0 Å². The van der Waals surface area contributed by atoms with Crippen LogP contribution >= 0.6 is 16.1 Å². The Balaban J connectivity index is 1.99. The number of nitrogens with one attached hydrogen (secondary N) is 1. The number of hydrogen-bond acceptors (Lipinski definition) is 1. The van der Waals surface area contributed by atoms with Gasteiger partial charge in [0.05, 0.1) is 0 Å². The van der Waals surface area contributed by atoms with Crippen molar-refractivity contribution in [3.8, 4) is 0 Å². The van der Waals surface area contributed by atoms with Gasteiger partial charge in [0, 0.05) is 18.7 Å². The molecule has 1 fully saturated rings. The molecule has 1 N–H and O–H groups in total. The third kappa shape index (κ3) is 3.38. The molecule has 1 saturated heterocycles. The second-order valence-corrected chi connectivity index (χ2v) is 10.2. The molecule has 0 spiro atoms. The van der Waals surface area contributed by atoms with Crippen molar-refractivity contribution >= 4 is 26.8 Å². The van der Waals surface area contributed by atoms with Crippen LogP contribution in [0.25, 0.3) is 0 Å². The van der Waals surface area contributed by atoms with Crippen molar-refractivity contribution in [3.05, 3.63) is 60.2 Å². The van der Waals surface area contributed by atoms with Gasteiger partial charge in [0.25, 0.3) is 0 Å². The largest absolute Gasteiger partial charge is 0.266 e. The summed E-state index contributed by atoms with van der Waals surface area (Å²) in [5.41, 5.74) is 0.610. The average molecular weight is 337 g/mol. The summed E-state index contributed by atoms with van der Waals surface area (Å²) >= 11 is 0. The molecule has 0 aliphatic carbocycles. The number of hydrogen-bond donors (Lipinski definition) is 1. The van der Waals surface area contributed by atoms with Gasteiger partial charge in [-0.2, -0.15) is 0 Å². The Morgan fingerprint density at radius 1 is 1.00 bits per heavy atom. The van der Waals surface area contributed by atoms with E-state index in [-0.39, 0.29) is 19.7 Å². The minimum absolute atomic E-state index is 0.258. The van der Waals surface area contributed by atoms with Crippen molar-refractivity contribution in [1.82, 2.24) is 4.86 Å². The molecule has 0 radical (unpaired) electrons. The summed E-state index contributed by atoms with van der Waals surface area (Å²) in [7, 11) is -1.57. The Morgan fingerprint density at radius 2 is 1.55 bits per heavy atom. The van der Waals surface area contributed by atoms with Crippen LogP contribution in [-0.4, -0.2) is 11.8 Å². The first-order chi connectivity index (χ1) is 10.7. The lowest BCUT2D eigenvalue weighted by atomic mass is 10.3. The Hall–Kier alpha value is -0.880. The molecule has 2 aromatic rings. The van der Waals surface area contributed by atoms with Gasteiger partial charge in [-0.3, -0.25) is 4.86 Å². The van der Waals surface area contributed by atoms with Gasteiger partial charge in [-0.05, 0) is 57.0 Å². The lowest BCUT2D eigenvalue weighted by Crippen LogP contribution is -2.25. The number of halogens is 2. The van der Waals surface area contributed by atoms with Crippen molar-refractivity contribution in [2.24, 2.45) is 0 Å². The molecule has 116 valence electrons. The zero-order chi connectivity index (χ0) is 15.5. The van der Waals surface area contributed by atoms with Crippen molar-refractivity contribution in [3.63, 3.8) is 0 Å². The maximum absolute atomic E-state index is 14.3. The van der Waals surface area contributed by atoms with Crippen LogP contribution in [0.15, 0.2) is 48.5 Å². The van der Waals surface area contributed by atoms with Gasteiger partial charge in [-0.15, -0.1) is 0 Å². The molecule has 2 unspecified atom stereocenters. The zero-order valence-corrected chi connectivity index (χ0v) is 14.3. The summed E-state index contributed by atoms with van der Waals surface area (Å²) in [5.74, 6) is -0.516. The first-order valence-electron chi connectivity index (χ1n) is 7.49. The van der Waals surface area contributed by atoms with Gasteiger partial charge < -0.3 is 0 Å². The zero-order valence-electron chi connectivity index (χ0n) is 12.5. The van der Waals surface area contributed by atoms with Crippen LogP contribution in [0.3, 0.4) is 0 Å². The van der Waals surface area contributed by atoms with E-state index >= 15 is 0 Å². The molecule has 3 rings (SSSR count). The van der Waals surface area contributed by atoms with Crippen LogP contribution in [0, 0.1) is 11.6 Å². The fourth-order valence-electron chi connectivity index (χ4n) is 2.71. The van der Waals surface area contributed by atoms with Crippen LogP contribution in [0.5, 0.6) is 0 Å². The molecular formula is C17H19F2NP2. The third-order valence-electron chi connectivity index (χ3n) is 3.97. The molecule has 0 amide bonds. The lowest BCUT2D eigenvalue weighted by Gasteiger charge is -2.27. The van der Waals surface area contributed by atoms with Crippen molar-refractivity contribution in [2.45, 2.75) is 25.4 Å². The van der Waals surface area contributed by atoms with E-state index in [1.54, 1.807) is 24.3 Å². The maximum atomic E-state index is 14.3.